The van der Waals surface area contributed by atoms with E-state index >= 15 is 0 Å². The molecule has 0 unspecified atom stereocenters. The van der Waals surface area contributed by atoms with Gasteiger partial charge < -0.3 is 4.84 Å². The number of carbonyl (C=O) groups excluding carboxylic acids is 5. The molecule has 0 aromatic heterocycles. The molecule has 0 atom stereocenters. The lowest BCUT2D eigenvalue weighted by Gasteiger charge is -2.12. The van der Waals surface area contributed by atoms with Crippen LogP contribution in [-0.2, 0) is 24.0 Å². The first-order chi connectivity index (χ1) is 11.0. The van der Waals surface area contributed by atoms with E-state index in [2.05, 4.69) is 0 Å². The molecule has 0 spiro atoms. The van der Waals surface area contributed by atoms with Crippen LogP contribution in [-0.4, -0.2) is 34.7 Å². The molecule has 2 aliphatic rings. The van der Waals surface area contributed by atoms with Crippen molar-refractivity contribution < 1.29 is 28.8 Å². The summed E-state index contributed by atoms with van der Waals surface area (Å²) in [5, 5.41) is 2.56. The van der Waals surface area contributed by atoms with Crippen LogP contribution in [0, 0.1) is 0 Å². The second-order valence-corrected chi connectivity index (χ2v) is 4.51. The number of hydroxylamine groups is 2. The van der Waals surface area contributed by atoms with E-state index in [1.54, 1.807) is 30.3 Å². The lowest BCUT2D eigenvalue weighted by atomic mass is 10.2. The predicted octanol–water partition coefficient (Wildman–Crippen LogP) is 0.106. The van der Waals surface area contributed by atoms with Gasteiger partial charge in [0, 0.05) is 25.0 Å². The summed E-state index contributed by atoms with van der Waals surface area (Å²) < 4.78 is 0. The van der Waals surface area contributed by atoms with Crippen LogP contribution < -0.4 is 5.32 Å². The van der Waals surface area contributed by atoms with Crippen LogP contribution in [0.5, 0.6) is 0 Å². The third-order valence-corrected chi connectivity index (χ3v) is 2.82. The van der Waals surface area contributed by atoms with Crippen LogP contribution in [0.15, 0.2) is 42.5 Å². The van der Waals surface area contributed by atoms with Crippen molar-refractivity contribution >= 4 is 29.6 Å². The lowest BCUT2D eigenvalue weighted by Crippen LogP contribution is -2.32. The van der Waals surface area contributed by atoms with Gasteiger partial charge in [0.15, 0.2) is 0 Å². The van der Waals surface area contributed by atoms with Crippen molar-refractivity contribution in [2.75, 3.05) is 0 Å². The normalized spacial score (nSPS) is 16.1. The largest absolute Gasteiger partial charge is 0.363 e. The molecule has 1 fully saturated rings. The lowest BCUT2D eigenvalue weighted by molar-refractivity contribution is -0.172. The third kappa shape index (κ3) is 4.34. The van der Waals surface area contributed by atoms with Gasteiger partial charge >= 0.3 is 5.97 Å². The summed E-state index contributed by atoms with van der Waals surface area (Å²) in [6, 6.07) is 8.19. The highest BCUT2D eigenvalue weighted by Gasteiger charge is 2.33. The Morgan fingerprint density at radius 1 is 0.913 bits per heavy atom. The fourth-order valence-electron chi connectivity index (χ4n) is 1.72. The Hall–Kier alpha value is -3.29. The van der Waals surface area contributed by atoms with Gasteiger partial charge in [0.1, 0.15) is 0 Å². The van der Waals surface area contributed by atoms with Crippen LogP contribution in [0.3, 0.4) is 0 Å². The van der Waals surface area contributed by atoms with Gasteiger partial charge in [-0.15, -0.1) is 5.06 Å². The molecule has 118 valence electrons. The van der Waals surface area contributed by atoms with E-state index in [1.807, 2.05) is 5.32 Å². The van der Waals surface area contributed by atoms with Gasteiger partial charge in [-0.25, -0.2) is 4.79 Å². The van der Waals surface area contributed by atoms with E-state index in [4.69, 9.17) is 4.84 Å². The van der Waals surface area contributed by atoms with Crippen LogP contribution in [0.1, 0.15) is 23.2 Å². The zero-order chi connectivity index (χ0) is 16.8. The van der Waals surface area contributed by atoms with Crippen molar-refractivity contribution in [2.24, 2.45) is 0 Å². The molecule has 4 amide bonds. The number of imide groups is 2. The Labute approximate surface area is 130 Å². The van der Waals surface area contributed by atoms with Gasteiger partial charge in [-0.05, 0) is 12.1 Å². The molecule has 2 aliphatic heterocycles. The Bertz CT molecular complexity index is 663. The average Bonchev–Trinajstić information content (AvgIpc) is 3.07. The van der Waals surface area contributed by atoms with Crippen molar-refractivity contribution in [3.63, 3.8) is 0 Å². The summed E-state index contributed by atoms with van der Waals surface area (Å²) in [7, 11) is 0. The molecule has 0 radical (unpaired) electrons. The van der Waals surface area contributed by atoms with E-state index in [0.717, 1.165) is 0 Å². The molecule has 2 heterocycles. The fraction of sp³-hybridized carbons (Fsp3) is 0.133. The number of amides is 4. The van der Waals surface area contributed by atoms with Crippen molar-refractivity contribution in [1.29, 1.82) is 0 Å². The minimum Gasteiger partial charge on any atom is -0.325 e. The van der Waals surface area contributed by atoms with Gasteiger partial charge in [-0.2, -0.15) is 0 Å². The minimum absolute atomic E-state index is 0.0981. The molecular weight excluding hydrogens is 304 g/mol. The first-order valence-corrected chi connectivity index (χ1v) is 6.63. The zero-order valence-corrected chi connectivity index (χ0v) is 11.9. The summed E-state index contributed by atoms with van der Waals surface area (Å²) in [5.74, 6) is -2.32. The first kappa shape index (κ1) is 16.1. The minimum atomic E-state index is -0.704. The third-order valence-electron chi connectivity index (χ3n) is 2.82. The van der Waals surface area contributed by atoms with Gasteiger partial charge in [0.25, 0.3) is 23.6 Å². The molecule has 0 aliphatic carbocycles. The van der Waals surface area contributed by atoms with Crippen LogP contribution in [0.25, 0.3) is 0 Å². The Morgan fingerprint density at radius 2 is 1.43 bits per heavy atom. The van der Waals surface area contributed by atoms with Gasteiger partial charge in [0.05, 0.1) is 5.56 Å². The summed E-state index contributed by atoms with van der Waals surface area (Å²) in [4.78, 5) is 58.7. The molecule has 8 nitrogen and oxygen atoms in total. The maximum absolute atomic E-state index is 11.5. The summed E-state index contributed by atoms with van der Waals surface area (Å²) >= 11 is 0. The maximum Gasteiger partial charge on any atom is 0.363 e. The molecular formula is C15H12N2O6. The highest BCUT2D eigenvalue weighted by Crippen LogP contribution is 2.13. The van der Waals surface area contributed by atoms with E-state index in [0.29, 0.717) is 10.6 Å². The topological polar surface area (TPSA) is 110 Å². The van der Waals surface area contributed by atoms with E-state index < -0.39 is 17.8 Å². The van der Waals surface area contributed by atoms with Gasteiger partial charge in [-0.1, -0.05) is 18.2 Å². The smallest absolute Gasteiger partial charge is 0.325 e. The molecule has 8 heteroatoms. The van der Waals surface area contributed by atoms with Crippen LogP contribution >= 0.6 is 0 Å². The Balaban J connectivity index is 0.000000229. The van der Waals surface area contributed by atoms with E-state index in [9.17, 15) is 24.0 Å². The molecule has 1 aromatic carbocycles. The Kier molecular flexibility index (Phi) is 4.98. The monoisotopic (exact) mass is 316 g/mol. The number of rotatable bonds is 2. The first-order valence-electron chi connectivity index (χ1n) is 6.63. The maximum atomic E-state index is 11.5. The highest BCUT2D eigenvalue weighted by molar-refractivity contribution is 6.12. The van der Waals surface area contributed by atoms with Crippen LogP contribution in [0.2, 0.25) is 0 Å². The molecule has 1 saturated heterocycles. The number of hydrogen-bond acceptors (Lipinski definition) is 6. The summed E-state index contributed by atoms with van der Waals surface area (Å²) in [6.07, 6.45) is 2.59. The van der Waals surface area contributed by atoms with Crippen molar-refractivity contribution in [1.82, 2.24) is 10.4 Å². The molecule has 3 rings (SSSR count). The fourth-order valence-corrected chi connectivity index (χ4v) is 1.72. The summed E-state index contributed by atoms with van der Waals surface area (Å²) in [6.45, 7) is 0. The van der Waals surface area contributed by atoms with Crippen molar-refractivity contribution in [2.45, 2.75) is 12.8 Å². The zero-order valence-electron chi connectivity index (χ0n) is 11.9. The molecule has 0 bridgehead atoms. The second kappa shape index (κ2) is 7.12. The number of carbonyl (C=O) groups is 5. The molecule has 1 N–H and O–H groups in total. The SMILES string of the molecule is O=C(ON1C(=O)CCC1=O)c1ccccc1.O=C1C=CC(=O)N1. The number of hydrogen-bond donors (Lipinski definition) is 1. The quantitative estimate of drug-likeness (QED) is 0.775. The molecule has 0 saturated carbocycles. The van der Waals surface area contributed by atoms with E-state index in [-0.39, 0.29) is 24.7 Å². The van der Waals surface area contributed by atoms with Gasteiger partial charge in [-0.3, -0.25) is 24.5 Å². The molecule has 1 aromatic rings. The predicted molar refractivity (Wildman–Crippen MR) is 75.2 cm³/mol. The number of nitrogens with one attached hydrogen (secondary N) is 1. The standard InChI is InChI=1S/C11H9NO4.C4H3NO2/c13-9-6-7-10(14)12(9)16-11(15)8-4-2-1-3-5-8;6-3-1-2-4(7)5-3/h1-5H,6-7H2;1-2H,(H,5,6,7). The average molecular weight is 316 g/mol. The molecule has 23 heavy (non-hydrogen) atoms. The number of nitrogens with zero attached hydrogens (tertiary/aromatic N) is 1. The highest BCUT2D eigenvalue weighted by atomic mass is 16.7. The number of benzene rings is 1. The van der Waals surface area contributed by atoms with Gasteiger partial charge in [0.2, 0.25) is 0 Å². The Morgan fingerprint density at radius 3 is 1.87 bits per heavy atom. The summed E-state index contributed by atoms with van der Waals surface area (Å²) in [5.41, 5.74) is 0.301. The second-order valence-electron chi connectivity index (χ2n) is 4.51. The van der Waals surface area contributed by atoms with Crippen LogP contribution in [0.4, 0.5) is 0 Å². The van der Waals surface area contributed by atoms with E-state index in [1.165, 1.54) is 12.2 Å². The van der Waals surface area contributed by atoms with Crippen molar-refractivity contribution in [3.8, 4) is 0 Å². The van der Waals surface area contributed by atoms with Crippen molar-refractivity contribution in [3.05, 3.63) is 48.0 Å².